The lowest BCUT2D eigenvalue weighted by atomic mass is 10.0. The van der Waals surface area contributed by atoms with Gasteiger partial charge in [-0.25, -0.2) is 0 Å². The minimum Gasteiger partial charge on any atom is -0.371 e. The average Bonchev–Trinajstić information content (AvgIpc) is 2.89. The molecule has 0 radical (unpaired) electrons. The fourth-order valence-corrected chi connectivity index (χ4v) is 3.28. The summed E-state index contributed by atoms with van der Waals surface area (Å²) in [6.45, 7) is 13.6. The zero-order valence-electron chi connectivity index (χ0n) is 14.3. The van der Waals surface area contributed by atoms with Crippen molar-refractivity contribution in [3.05, 3.63) is 29.3 Å². The number of hydrogen-bond donors (Lipinski definition) is 1. The Kier molecular flexibility index (Phi) is 6.10. The van der Waals surface area contributed by atoms with Crippen molar-refractivity contribution in [2.75, 3.05) is 24.5 Å². The molecular weight excluding hydrogens is 256 g/mol. The Morgan fingerprint density at radius 2 is 2.14 bits per heavy atom. The molecule has 0 aromatic heterocycles. The number of rotatable bonds is 7. The minimum absolute atomic E-state index is 0.713. The summed E-state index contributed by atoms with van der Waals surface area (Å²) >= 11 is 0. The van der Waals surface area contributed by atoms with Crippen LogP contribution < -0.4 is 10.2 Å². The van der Waals surface area contributed by atoms with Crippen molar-refractivity contribution >= 4 is 5.69 Å². The summed E-state index contributed by atoms with van der Waals surface area (Å²) in [5, 5.41) is 3.54. The maximum Gasteiger partial charge on any atom is 0.0369 e. The third-order valence-corrected chi connectivity index (χ3v) is 4.54. The molecular formula is C19H32N2. The first kappa shape index (κ1) is 16.4. The summed E-state index contributed by atoms with van der Waals surface area (Å²) < 4.78 is 0. The van der Waals surface area contributed by atoms with E-state index in [1.165, 1.54) is 49.2 Å². The molecule has 2 heteroatoms. The lowest BCUT2D eigenvalue weighted by molar-refractivity contribution is 0.530. The van der Waals surface area contributed by atoms with Gasteiger partial charge in [-0.15, -0.1) is 0 Å². The second-order valence-corrected chi connectivity index (χ2v) is 7.02. The zero-order chi connectivity index (χ0) is 15.2. The first-order valence-corrected chi connectivity index (χ1v) is 8.65. The lowest BCUT2D eigenvalue weighted by Crippen LogP contribution is -2.21. The van der Waals surface area contributed by atoms with Gasteiger partial charge >= 0.3 is 0 Å². The molecule has 118 valence electrons. The van der Waals surface area contributed by atoms with Gasteiger partial charge in [0.05, 0.1) is 0 Å². The van der Waals surface area contributed by atoms with Gasteiger partial charge in [0.25, 0.3) is 0 Å². The van der Waals surface area contributed by atoms with E-state index in [-0.39, 0.29) is 0 Å². The Hall–Kier alpha value is -1.02. The molecule has 1 aliphatic rings. The van der Waals surface area contributed by atoms with E-state index in [9.17, 15) is 0 Å². The topological polar surface area (TPSA) is 15.3 Å². The lowest BCUT2D eigenvalue weighted by Gasteiger charge is -2.20. The highest BCUT2D eigenvalue weighted by atomic mass is 15.1. The van der Waals surface area contributed by atoms with Crippen molar-refractivity contribution in [3.63, 3.8) is 0 Å². The Bertz CT molecular complexity index is 439. The fourth-order valence-electron chi connectivity index (χ4n) is 3.28. The molecule has 1 fully saturated rings. The van der Waals surface area contributed by atoms with Gasteiger partial charge in [-0.2, -0.15) is 0 Å². The Labute approximate surface area is 130 Å². The third-order valence-electron chi connectivity index (χ3n) is 4.54. The number of benzene rings is 1. The molecule has 1 heterocycles. The molecule has 2 rings (SSSR count). The second kappa shape index (κ2) is 7.84. The van der Waals surface area contributed by atoms with Crippen LogP contribution in [0, 0.1) is 18.8 Å². The number of nitrogens with zero attached hydrogens (tertiary/aromatic N) is 1. The van der Waals surface area contributed by atoms with E-state index >= 15 is 0 Å². The first-order chi connectivity index (χ1) is 10.1. The number of hydrogen-bond acceptors (Lipinski definition) is 2. The van der Waals surface area contributed by atoms with Crippen LogP contribution in [0.2, 0.25) is 0 Å². The van der Waals surface area contributed by atoms with Crippen LogP contribution in [0.25, 0.3) is 0 Å². The molecule has 1 saturated heterocycles. The van der Waals surface area contributed by atoms with Crippen LogP contribution in [-0.2, 0) is 6.54 Å². The molecule has 0 amide bonds. The highest BCUT2D eigenvalue weighted by molar-refractivity contribution is 5.51. The number of anilines is 1. The molecule has 0 bridgehead atoms. The molecule has 1 atom stereocenters. The van der Waals surface area contributed by atoms with Gasteiger partial charge in [-0.3, -0.25) is 0 Å². The van der Waals surface area contributed by atoms with Gasteiger partial charge in [-0.1, -0.05) is 33.3 Å². The zero-order valence-corrected chi connectivity index (χ0v) is 14.3. The molecule has 1 N–H and O–H groups in total. The van der Waals surface area contributed by atoms with Crippen LogP contribution in [-0.4, -0.2) is 19.6 Å². The van der Waals surface area contributed by atoms with Crippen LogP contribution in [0.3, 0.4) is 0 Å². The van der Waals surface area contributed by atoms with Crippen molar-refractivity contribution in [3.8, 4) is 0 Å². The van der Waals surface area contributed by atoms with E-state index in [2.05, 4.69) is 56.1 Å². The molecule has 1 aliphatic heterocycles. The van der Waals surface area contributed by atoms with Crippen LogP contribution in [0.15, 0.2) is 18.2 Å². The van der Waals surface area contributed by atoms with E-state index in [0.717, 1.165) is 19.0 Å². The molecule has 0 saturated carbocycles. The molecule has 0 aliphatic carbocycles. The van der Waals surface area contributed by atoms with Crippen molar-refractivity contribution in [2.24, 2.45) is 11.8 Å². The van der Waals surface area contributed by atoms with E-state index in [1.54, 1.807) is 0 Å². The quantitative estimate of drug-likeness (QED) is 0.801. The van der Waals surface area contributed by atoms with Gasteiger partial charge in [0.1, 0.15) is 0 Å². The first-order valence-electron chi connectivity index (χ1n) is 8.65. The van der Waals surface area contributed by atoms with Crippen LogP contribution in [0.1, 0.15) is 51.2 Å². The largest absolute Gasteiger partial charge is 0.371 e. The van der Waals surface area contributed by atoms with Gasteiger partial charge in [0.15, 0.2) is 0 Å². The Morgan fingerprint density at radius 3 is 2.81 bits per heavy atom. The Balaban J connectivity index is 1.93. The monoisotopic (exact) mass is 288 g/mol. The Morgan fingerprint density at radius 1 is 1.33 bits per heavy atom. The predicted octanol–water partition coefficient (Wildman–Crippen LogP) is 4.37. The summed E-state index contributed by atoms with van der Waals surface area (Å²) in [5.74, 6) is 1.62. The van der Waals surface area contributed by atoms with Crippen LogP contribution >= 0.6 is 0 Å². The number of nitrogens with one attached hydrogen (secondary N) is 1. The summed E-state index contributed by atoms with van der Waals surface area (Å²) in [7, 11) is 0. The van der Waals surface area contributed by atoms with Gasteiger partial charge in [-0.05, 0) is 61.4 Å². The van der Waals surface area contributed by atoms with Gasteiger partial charge in [0.2, 0.25) is 0 Å². The van der Waals surface area contributed by atoms with Crippen molar-refractivity contribution < 1.29 is 0 Å². The highest BCUT2D eigenvalue weighted by Gasteiger charge is 2.22. The molecule has 0 spiro atoms. The highest BCUT2D eigenvalue weighted by Crippen LogP contribution is 2.27. The summed E-state index contributed by atoms with van der Waals surface area (Å²) in [6, 6.07) is 7.00. The number of aryl methyl sites for hydroxylation is 1. The van der Waals surface area contributed by atoms with Crippen molar-refractivity contribution in [1.82, 2.24) is 5.32 Å². The summed E-state index contributed by atoms with van der Waals surface area (Å²) in [6.07, 6.45) is 4.06. The molecule has 1 unspecified atom stereocenters. The van der Waals surface area contributed by atoms with E-state index in [1.807, 2.05) is 0 Å². The molecule has 1 aromatic rings. The minimum atomic E-state index is 0.713. The fraction of sp³-hybridized carbons (Fsp3) is 0.684. The van der Waals surface area contributed by atoms with Gasteiger partial charge in [0, 0.05) is 25.3 Å². The van der Waals surface area contributed by atoms with Gasteiger partial charge < -0.3 is 10.2 Å². The van der Waals surface area contributed by atoms with Crippen LogP contribution in [0.5, 0.6) is 0 Å². The maximum absolute atomic E-state index is 3.54. The SMILES string of the molecule is CCCC1CCN(c2ccc(CNCC(C)C)c(C)c2)C1. The predicted molar refractivity (Wildman–Crippen MR) is 93.0 cm³/mol. The second-order valence-electron chi connectivity index (χ2n) is 7.02. The summed E-state index contributed by atoms with van der Waals surface area (Å²) in [4.78, 5) is 2.57. The normalized spacial score (nSPS) is 18.7. The van der Waals surface area contributed by atoms with Crippen molar-refractivity contribution in [1.29, 1.82) is 0 Å². The van der Waals surface area contributed by atoms with E-state index in [4.69, 9.17) is 0 Å². The molecule has 1 aromatic carbocycles. The third kappa shape index (κ3) is 4.74. The molecule has 21 heavy (non-hydrogen) atoms. The smallest absolute Gasteiger partial charge is 0.0369 e. The van der Waals surface area contributed by atoms with Crippen molar-refractivity contribution in [2.45, 2.75) is 53.5 Å². The van der Waals surface area contributed by atoms with Crippen LogP contribution in [0.4, 0.5) is 5.69 Å². The van der Waals surface area contributed by atoms with E-state index < -0.39 is 0 Å². The maximum atomic E-state index is 3.54. The molecule has 2 nitrogen and oxygen atoms in total. The van der Waals surface area contributed by atoms with E-state index in [0.29, 0.717) is 5.92 Å². The summed E-state index contributed by atoms with van der Waals surface area (Å²) in [5.41, 5.74) is 4.27. The standard InChI is InChI=1S/C19H32N2/c1-5-6-17-9-10-21(14-17)19-8-7-18(16(4)11-19)13-20-12-15(2)3/h7-8,11,15,17,20H,5-6,9-10,12-14H2,1-4H3. The average molecular weight is 288 g/mol.